The van der Waals surface area contributed by atoms with Gasteiger partial charge in [-0.05, 0) is 38.1 Å². The van der Waals surface area contributed by atoms with Crippen LogP contribution in [-0.2, 0) is 9.84 Å². The molecule has 0 aliphatic heterocycles. The summed E-state index contributed by atoms with van der Waals surface area (Å²) in [5, 5.41) is 3.31. The van der Waals surface area contributed by atoms with E-state index in [0.29, 0.717) is 23.5 Å². The van der Waals surface area contributed by atoms with Gasteiger partial charge in [-0.25, -0.2) is 8.42 Å². The van der Waals surface area contributed by atoms with E-state index in [1.807, 2.05) is 0 Å². The molecular formula is C13H27NO2S. The van der Waals surface area contributed by atoms with Crippen LogP contribution in [0.1, 0.15) is 52.4 Å². The van der Waals surface area contributed by atoms with Crippen LogP contribution in [0.5, 0.6) is 0 Å². The first-order valence-electron chi connectivity index (χ1n) is 6.93. The Morgan fingerprint density at radius 2 is 1.82 bits per heavy atom. The van der Waals surface area contributed by atoms with Gasteiger partial charge in [-0.3, -0.25) is 0 Å². The average molecular weight is 261 g/mol. The highest BCUT2D eigenvalue weighted by Crippen LogP contribution is 2.26. The van der Waals surface area contributed by atoms with E-state index in [2.05, 4.69) is 19.2 Å². The summed E-state index contributed by atoms with van der Waals surface area (Å²) in [6.45, 7) is 5.14. The van der Waals surface area contributed by atoms with Gasteiger partial charge in [-0.1, -0.05) is 26.7 Å². The monoisotopic (exact) mass is 261 g/mol. The normalized spacial score (nSPS) is 18.1. The lowest BCUT2D eigenvalue weighted by molar-refractivity contribution is 0.546. The molecule has 102 valence electrons. The maximum Gasteiger partial charge on any atom is 0.150 e. The summed E-state index contributed by atoms with van der Waals surface area (Å²) in [6.07, 6.45) is 6.44. The highest BCUT2D eigenvalue weighted by molar-refractivity contribution is 7.91. The maximum atomic E-state index is 11.9. The fourth-order valence-corrected chi connectivity index (χ4v) is 4.32. The Kier molecular flexibility index (Phi) is 6.49. The van der Waals surface area contributed by atoms with Crippen molar-refractivity contribution < 1.29 is 8.42 Å². The molecule has 0 aromatic rings. The van der Waals surface area contributed by atoms with Gasteiger partial charge < -0.3 is 5.32 Å². The minimum absolute atomic E-state index is 0.378. The molecule has 0 heterocycles. The molecule has 0 amide bonds. The SMILES string of the molecule is CC(C)NCCCCS(=O)(=O)CC1CCCC1. The molecule has 0 atom stereocenters. The molecule has 1 rings (SSSR count). The van der Waals surface area contributed by atoms with Crippen LogP contribution in [0.2, 0.25) is 0 Å². The Morgan fingerprint density at radius 1 is 1.18 bits per heavy atom. The van der Waals surface area contributed by atoms with Gasteiger partial charge in [-0.2, -0.15) is 0 Å². The molecule has 0 aromatic carbocycles. The first kappa shape index (κ1) is 15.0. The molecule has 0 aromatic heterocycles. The minimum Gasteiger partial charge on any atom is -0.315 e. The molecule has 0 unspecified atom stereocenters. The lowest BCUT2D eigenvalue weighted by Crippen LogP contribution is -2.24. The average Bonchev–Trinajstić information content (AvgIpc) is 2.68. The fraction of sp³-hybridized carbons (Fsp3) is 1.00. The van der Waals surface area contributed by atoms with Crippen molar-refractivity contribution in [1.82, 2.24) is 5.32 Å². The van der Waals surface area contributed by atoms with Gasteiger partial charge in [0.15, 0.2) is 9.84 Å². The molecule has 3 nitrogen and oxygen atoms in total. The van der Waals surface area contributed by atoms with E-state index in [9.17, 15) is 8.42 Å². The zero-order valence-electron chi connectivity index (χ0n) is 11.2. The van der Waals surface area contributed by atoms with Crippen LogP contribution in [0, 0.1) is 5.92 Å². The van der Waals surface area contributed by atoms with Crippen molar-refractivity contribution in [3.63, 3.8) is 0 Å². The quantitative estimate of drug-likeness (QED) is 0.682. The summed E-state index contributed by atoms with van der Waals surface area (Å²) >= 11 is 0. The van der Waals surface area contributed by atoms with E-state index in [0.717, 1.165) is 32.2 Å². The standard InChI is InChI=1S/C13H27NO2S/c1-12(2)14-9-5-6-10-17(15,16)11-13-7-3-4-8-13/h12-14H,3-11H2,1-2H3. The van der Waals surface area contributed by atoms with Crippen LogP contribution >= 0.6 is 0 Å². The second-order valence-corrected chi connectivity index (χ2v) is 7.81. The van der Waals surface area contributed by atoms with E-state index in [1.54, 1.807) is 0 Å². The number of hydrogen-bond acceptors (Lipinski definition) is 3. The molecule has 1 saturated carbocycles. The topological polar surface area (TPSA) is 46.2 Å². The molecule has 0 bridgehead atoms. The summed E-state index contributed by atoms with van der Waals surface area (Å²) in [4.78, 5) is 0. The smallest absolute Gasteiger partial charge is 0.150 e. The van der Waals surface area contributed by atoms with Gasteiger partial charge in [0.05, 0.1) is 11.5 Å². The van der Waals surface area contributed by atoms with E-state index in [1.165, 1.54) is 12.8 Å². The van der Waals surface area contributed by atoms with Crippen LogP contribution in [-0.4, -0.2) is 32.5 Å². The third-order valence-electron chi connectivity index (χ3n) is 3.40. The highest BCUT2D eigenvalue weighted by atomic mass is 32.2. The predicted molar refractivity (Wildman–Crippen MR) is 73.0 cm³/mol. The number of sulfone groups is 1. The van der Waals surface area contributed by atoms with E-state index in [4.69, 9.17) is 0 Å². The van der Waals surface area contributed by atoms with Crippen molar-refractivity contribution in [2.45, 2.75) is 58.4 Å². The summed E-state index contributed by atoms with van der Waals surface area (Å²) in [6, 6.07) is 0.491. The molecule has 4 heteroatoms. The second-order valence-electron chi connectivity index (χ2n) is 5.58. The summed E-state index contributed by atoms with van der Waals surface area (Å²) in [7, 11) is -2.79. The minimum atomic E-state index is -2.79. The van der Waals surface area contributed by atoms with Crippen molar-refractivity contribution in [1.29, 1.82) is 0 Å². The Hall–Kier alpha value is -0.0900. The van der Waals surface area contributed by atoms with E-state index >= 15 is 0 Å². The van der Waals surface area contributed by atoms with Crippen LogP contribution in [0.25, 0.3) is 0 Å². The molecule has 0 saturated heterocycles. The molecule has 0 radical (unpaired) electrons. The van der Waals surface area contributed by atoms with Crippen molar-refractivity contribution in [3.8, 4) is 0 Å². The summed E-state index contributed by atoms with van der Waals surface area (Å²) < 4.78 is 23.7. The fourth-order valence-electron chi connectivity index (χ4n) is 2.46. The van der Waals surface area contributed by atoms with Crippen LogP contribution in [0.4, 0.5) is 0 Å². The lowest BCUT2D eigenvalue weighted by Gasteiger charge is -2.10. The summed E-state index contributed by atoms with van der Waals surface area (Å²) in [5.41, 5.74) is 0. The molecule has 1 aliphatic rings. The Morgan fingerprint density at radius 3 is 2.41 bits per heavy atom. The van der Waals surface area contributed by atoms with Gasteiger partial charge in [0, 0.05) is 6.04 Å². The molecule has 1 fully saturated rings. The van der Waals surface area contributed by atoms with Crippen molar-refractivity contribution in [2.24, 2.45) is 5.92 Å². The predicted octanol–water partition coefficient (Wildman–Crippen LogP) is 2.37. The molecule has 1 N–H and O–H groups in total. The number of rotatable bonds is 8. The van der Waals surface area contributed by atoms with Crippen LogP contribution in [0.3, 0.4) is 0 Å². The Labute approximate surface area is 106 Å². The maximum absolute atomic E-state index is 11.9. The van der Waals surface area contributed by atoms with Gasteiger partial charge in [0.2, 0.25) is 0 Å². The number of nitrogens with one attached hydrogen (secondary N) is 1. The van der Waals surface area contributed by atoms with Gasteiger partial charge in [-0.15, -0.1) is 0 Å². The lowest BCUT2D eigenvalue weighted by atomic mass is 10.1. The van der Waals surface area contributed by atoms with E-state index in [-0.39, 0.29) is 0 Å². The number of hydrogen-bond donors (Lipinski definition) is 1. The molecule has 17 heavy (non-hydrogen) atoms. The Balaban J connectivity index is 2.11. The van der Waals surface area contributed by atoms with Crippen molar-refractivity contribution >= 4 is 9.84 Å². The summed E-state index contributed by atoms with van der Waals surface area (Å²) in [5.74, 6) is 1.27. The third kappa shape index (κ3) is 7.04. The molecule has 0 spiro atoms. The first-order valence-corrected chi connectivity index (χ1v) is 8.75. The highest BCUT2D eigenvalue weighted by Gasteiger charge is 2.21. The third-order valence-corrected chi connectivity index (χ3v) is 5.29. The van der Waals surface area contributed by atoms with Crippen LogP contribution < -0.4 is 5.32 Å². The van der Waals surface area contributed by atoms with Crippen molar-refractivity contribution in [3.05, 3.63) is 0 Å². The van der Waals surface area contributed by atoms with Gasteiger partial charge in [0.25, 0.3) is 0 Å². The molecule has 1 aliphatic carbocycles. The molecular weight excluding hydrogens is 234 g/mol. The van der Waals surface area contributed by atoms with Gasteiger partial charge in [0.1, 0.15) is 0 Å². The van der Waals surface area contributed by atoms with Crippen molar-refractivity contribution in [2.75, 3.05) is 18.1 Å². The van der Waals surface area contributed by atoms with E-state index < -0.39 is 9.84 Å². The largest absolute Gasteiger partial charge is 0.315 e. The Bertz CT molecular complexity index is 293. The zero-order chi connectivity index (χ0) is 12.7. The number of unbranched alkanes of at least 4 members (excludes halogenated alkanes) is 1. The second kappa shape index (κ2) is 7.37. The first-order chi connectivity index (χ1) is 7.99. The zero-order valence-corrected chi connectivity index (χ0v) is 12.1. The van der Waals surface area contributed by atoms with Gasteiger partial charge >= 0.3 is 0 Å². The van der Waals surface area contributed by atoms with Crippen LogP contribution in [0.15, 0.2) is 0 Å².